The number of hydrogen-bond acceptors (Lipinski definition) is 3. The third kappa shape index (κ3) is 4.65. The molecule has 33 heavy (non-hydrogen) atoms. The molecule has 5 nitrogen and oxygen atoms in total. The van der Waals surface area contributed by atoms with E-state index < -0.39 is 17.7 Å². The Labute approximate surface area is 199 Å². The van der Waals surface area contributed by atoms with Crippen molar-refractivity contribution < 1.29 is 14.7 Å². The number of rotatable bonds is 5. The summed E-state index contributed by atoms with van der Waals surface area (Å²) in [6, 6.07) is 16.3. The summed E-state index contributed by atoms with van der Waals surface area (Å²) in [5.41, 5.74) is 2.97. The SMILES string of the molecule is CCC1C=CC=CC1(O)NC(=O)[C@@H]1CC(=CCl)CN1C(=O)c1ccccc1-c1ccccc1. The fourth-order valence-corrected chi connectivity index (χ4v) is 4.66. The van der Waals surface area contributed by atoms with E-state index in [1.807, 2.05) is 67.6 Å². The third-order valence-corrected chi connectivity index (χ3v) is 6.61. The van der Waals surface area contributed by atoms with E-state index in [4.69, 9.17) is 11.6 Å². The fraction of sp³-hybridized carbons (Fsp3) is 0.259. The normalized spacial score (nSPS) is 25.4. The molecule has 2 unspecified atom stereocenters. The quantitative estimate of drug-likeness (QED) is 0.635. The largest absolute Gasteiger partial charge is 0.367 e. The molecule has 0 spiro atoms. The lowest BCUT2D eigenvalue weighted by atomic mass is 9.88. The second-order valence-electron chi connectivity index (χ2n) is 8.41. The van der Waals surface area contributed by atoms with Crippen LogP contribution in [0, 0.1) is 5.92 Å². The number of carbonyl (C=O) groups excluding carboxylic acids is 2. The van der Waals surface area contributed by atoms with Crippen LogP contribution in [-0.2, 0) is 4.79 Å². The first kappa shape index (κ1) is 23.0. The summed E-state index contributed by atoms with van der Waals surface area (Å²) in [5, 5.41) is 13.9. The molecule has 170 valence electrons. The van der Waals surface area contributed by atoms with Crippen LogP contribution in [0.3, 0.4) is 0 Å². The van der Waals surface area contributed by atoms with Crippen LogP contribution < -0.4 is 5.32 Å². The van der Waals surface area contributed by atoms with Gasteiger partial charge in [-0.05, 0) is 35.3 Å². The molecule has 2 aliphatic rings. The lowest BCUT2D eigenvalue weighted by Crippen LogP contribution is -2.57. The number of aliphatic hydroxyl groups is 1. The van der Waals surface area contributed by atoms with Crippen molar-refractivity contribution in [1.82, 2.24) is 10.2 Å². The molecule has 1 aliphatic heterocycles. The van der Waals surface area contributed by atoms with Gasteiger partial charge in [0, 0.05) is 30.0 Å². The third-order valence-electron chi connectivity index (χ3n) is 6.30. The Bertz CT molecular complexity index is 1130. The molecule has 3 atom stereocenters. The van der Waals surface area contributed by atoms with Crippen LogP contribution in [-0.4, -0.2) is 40.1 Å². The molecule has 2 aromatic carbocycles. The molecule has 0 radical (unpaired) electrons. The van der Waals surface area contributed by atoms with Crippen LogP contribution in [0.25, 0.3) is 11.1 Å². The minimum Gasteiger partial charge on any atom is -0.367 e. The molecular weight excluding hydrogens is 436 g/mol. The Morgan fingerprint density at radius 2 is 1.88 bits per heavy atom. The minimum atomic E-state index is -1.50. The van der Waals surface area contributed by atoms with Gasteiger partial charge in [0.25, 0.3) is 5.91 Å². The predicted octanol–water partition coefficient (Wildman–Crippen LogP) is 4.65. The van der Waals surface area contributed by atoms with Gasteiger partial charge in [-0.2, -0.15) is 0 Å². The summed E-state index contributed by atoms with van der Waals surface area (Å²) < 4.78 is 0. The second kappa shape index (κ2) is 9.77. The number of hydrogen-bond donors (Lipinski definition) is 2. The summed E-state index contributed by atoms with van der Waals surface area (Å²) >= 11 is 5.98. The smallest absolute Gasteiger partial charge is 0.255 e. The van der Waals surface area contributed by atoms with E-state index in [-0.39, 0.29) is 18.4 Å². The van der Waals surface area contributed by atoms with Crippen molar-refractivity contribution in [3.63, 3.8) is 0 Å². The number of benzene rings is 2. The van der Waals surface area contributed by atoms with Gasteiger partial charge in [-0.1, -0.05) is 85.3 Å². The topological polar surface area (TPSA) is 69.6 Å². The first-order chi connectivity index (χ1) is 16.0. The molecule has 6 heteroatoms. The Morgan fingerprint density at radius 1 is 1.15 bits per heavy atom. The van der Waals surface area contributed by atoms with Crippen LogP contribution >= 0.6 is 11.6 Å². The van der Waals surface area contributed by atoms with Crippen LogP contribution in [0.5, 0.6) is 0 Å². The molecule has 0 saturated carbocycles. The number of nitrogens with one attached hydrogen (secondary N) is 1. The van der Waals surface area contributed by atoms with E-state index in [0.717, 1.165) is 16.7 Å². The summed E-state index contributed by atoms with van der Waals surface area (Å²) in [5.74, 6) is -0.907. The number of amides is 2. The zero-order chi connectivity index (χ0) is 23.4. The van der Waals surface area contributed by atoms with Crippen LogP contribution in [0.2, 0.25) is 0 Å². The maximum Gasteiger partial charge on any atom is 0.255 e. The summed E-state index contributed by atoms with van der Waals surface area (Å²) in [7, 11) is 0. The Morgan fingerprint density at radius 3 is 2.61 bits per heavy atom. The zero-order valence-electron chi connectivity index (χ0n) is 18.4. The van der Waals surface area contributed by atoms with Crippen molar-refractivity contribution in [2.75, 3.05) is 6.54 Å². The van der Waals surface area contributed by atoms with Gasteiger partial charge in [-0.3, -0.25) is 9.59 Å². The molecule has 1 saturated heterocycles. The van der Waals surface area contributed by atoms with Crippen LogP contribution in [0.1, 0.15) is 30.1 Å². The lowest BCUT2D eigenvalue weighted by Gasteiger charge is -2.35. The maximum atomic E-state index is 13.7. The zero-order valence-corrected chi connectivity index (χ0v) is 19.2. The molecule has 1 heterocycles. The molecule has 1 fully saturated rings. The van der Waals surface area contributed by atoms with E-state index in [0.29, 0.717) is 18.4 Å². The van der Waals surface area contributed by atoms with E-state index in [1.54, 1.807) is 18.2 Å². The molecule has 2 N–H and O–H groups in total. The highest BCUT2D eigenvalue weighted by atomic mass is 35.5. The van der Waals surface area contributed by atoms with Gasteiger partial charge in [0.2, 0.25) is 5.91 Å². The average Bonchev–Trinajstić information content (AvgIpc) is 3.29. The standard InChI is InChI=1S/C27H27ClN2O3/c1-2-21-12-8-9-15-27(21,33)29-25(31)24-16-19(17-28)18-30(24)26(32)23-14-7-6-13-22(23)20-10-4-3-5-11-20/h3-15,17,21,24,33H,2,16,18H2,1H3,(H,29,31)/t21?,24-,27?/m0/s1. The monoisotopic (exact) mass is 462 g/mol. The molecule has 2 aromatic rings. The number of likely N-dealkylation sites (tertiary alicyclic amines) is 1. The van der Waals surface area contributed by atoms with E-state index in [2.05, 4.69) is 5.32 Å². The average molecular weight is 463 g/mol. The first-order valence-corrected chi connectivity index (χ1v) is 11.5. The highest BCUT2D eigenvalue weighted by Gasteiger charge is 2.42. The summed E-state index contributed by atoms with van der Waals surface area (Å²) in [4.78, 5) is 28.6. The van der Waals surface area contributed by atoms with Gasteiger partial charge in [0.1, 0.15) is 6.04 Å². The molecular formula is C27H27ClN2O3. The number of halogens is 1. The molecule has 0 bridgehead atoms. The summed E-state index contributed by atoms with van der Waals surface area (Å²) in [6.07, 6.45) is 8.00. The van der Waals surface area contributed by atoms with Gasteiger partial charge in [-0.25, -0.2) is 0 Å². The first-order valence-electron chi connectivity index (χ1n) is 11.1. The van der Waals surface area contributed by atoms with Crippen molar-refractivity contribution in [3.05, 3.63) is 95.6 Å². The Balaban J connectivity index is 1.63. The van der Waals surface area contributed by atoms with Crippen molar-refractivity contribution in [2.45, 2.75) is 31.5 Å². The minimum absolute atomic E-state index is 0.249. The van der Waals surface area contributed by atoms with Crippen molar-refractivity contribution in [3.8, 4) is 11.1 Å². The van der Waals surface area contributed by atoms with Crippen molar-refractivity contribution >= 4 is 23.4 Å². The van der Waals surface area contributed by atoms with Gasteiger partial charge in [0.05, 0.1) is 0 Å². The van der Waals surface area contributed by atoms with Gasteiger partial charge in [-0.15, -0.1) is 0 Å². The summed E-state index contributed by atoms with van der Waals surface area (Å²) in [6.45, 7) is 2.21. The lowest BCUT2D eigenvalue weighted by molar-refractivity contribution is -0.132. The molecule has 2 amide bonds. The Kier molecular flexibility index (Phi) is 6.82. The molecule has 1 aliphatic carbocycles. The van der Waals surface area contributed by atoms with Gasteiger partial charge in [0.15, 0.2) is 5.72 Å². The molecule has 4 rings (SSSR count). The second-order valence-corrected chi connectivity index (χ2v) is 8.62. The predicted molar refractivity (Wildman–Crippen MR) is 130 cm³/mol. The van der Waals surface area contributed by atoms with E-state index >= 15 is 0 Å². The number of allylic oxidation sites excluding steroid dienone is 2. The van der Waals surface area contributed by atoms with Crippen molar-refractivity contribution in [2.24, 2.45) is 5.92 Å². The van der Waals surface area contributed by atoms with Crippen LogP contribution in [0.15, 0.2) is 90.0 Å². The molecule has 0 aromatic heterocycles. The highest BCUT2D eigenvalue weighted by Crippen LogP contribution is 2.31. The number of nitrogens with zero attached hydrogens (tertiary/aromatic N) is 1. The van der Waals surface area contributed by atoms with Crippen molar-refractivity contribution in [1.29, 1.82) is 0 Å². The highest BCUT2D eigenvalue weighted by molar-refractivity contribution is 6.25. The van der Waals surface area contributed by atoms with E-state index in [9.17, 15) is 14.7 Å². The van der Waals surface area contributed by atoms with Crippen LogP contribution in [0.4, 0.5) is 0 Å². The maximum absolute atomic E-state index is 13.7. The van der Waals surface area contributed by atoms with E-state index in [1.165, 1.54) is 10.4 Å². The fourth-order valence-electron chi connectivity index (χ4n) is 4.51. The van der Waals surface area contributed by atoms with Gasteiger partial charge >= 0.3 is 0 Å². The van der Waals surface area contributed by atoms with Gasteiger partial charge < -0.3 is 15.3 Å². The Hall–Kier alpha value is -3.15. The number of carbonyl (C=O) groups is 2.